The summed E-state index contributed by atoms with van der Waals surface area (Å²) in [6.07, 6.45) is 3.85. The number of aromatic nitrogens is 4. The number of fused-ring (bicyclic) bond motifs is 1. The minimum absolute atomic E-state index is 0.0752. The van der Waals surface area contributed by atoms with Gasteiger partial charge in [-0.3, -0.25) is 14.4 Å². The highest BCUT2D eigenvalue weighted by atomic mass is 16.2. The molecule has 2 aromatic heterocycles. The zero-order chi connectivity index (χ0) is 22.0. The molecule has 0 spiro atoms. The molecule has 9 nitrogen and oxygen atoms in total. The molecular formula is C22H26N6O3. The van der Waals surface area contributed by atoms with E-state index < -0.39 is 0 Å². The van der Waals surface area contributed by atoms with E-state index in [4.69, 9.17) is 0 Å². The van der Waals surface area contributed by atoms with Crippen molar-refractivity contribution in [3.8, 4) is 0 Å². The standard InChI is InChI=1S/C22H26N6O3/c1-3-27-14-23-18-12-16(6-8-19(18)27)24-20(29)11-15-5-4-10-28(13-15)22(31)17-7-9-21(30)26(2)25-17/h6-9,12,14-15H,3-5,10-11,13H2,1-2H3,(H,24,29). The maximum absolute atomic E-state index is 12.8. The second-order valence-corrected chi connectivity index (χ2v) is 7.93. The Morgan fingerprint density at radius 1 is 1.23 bits per heavy atom. The highest BCUT2D eigenvalue weighted by Crippen LogP contribution is 2.23. The maximum atomic E-state index is 12.8. The molecule has 1 aromatic carbocycles. The first-order valence-corrected chi connectivity index (χ1v) is 10.5. The van der Waals surface area contributed by atoms with Gasteiger partial charge >= 0.3 is 0 Å². The largest absolute Gasteiger partial charge is 0.337 e. The van der Waals surface area contributed by atoms with Gasteiger partial charge in [0.25, 0.3) is 11.5 Å². The van der Waals surface area contributed by atoms with Gasteiger partial charge in [-0.2, -0.15) is 5.10 Å². The number of hydrogen-bond acceptors (Lipinski definition) is 5. The minimum atomic E-state index is -0.260. The number of likely N-dealkylation sites (tertiary alicyclic amines) is 1. The lowest BCUT2D eigenvalue weighted by Crippen LogP contribution is -2.41. The number of piperidine rings is 1. The summed E-state index contributed by atoms with van der Waals surface area (Å²) in [5, 5.41) is 7.00. The lowest BCUT2D eigenvalue weighted by Gasteiger charge is -2.32. The monoisotopic (exact) mass is 422 g/mol. The van der Waals surface area contributed by atoms with Gasteiger partial charge in [0.2, 0.25) is 5.91 Å². The van der Waals surface area contributed by atoms with Crippen LogP contribution >= 0.6 is 0 Å². The van der Waals surface area contributed by atoms with Crippen molar-refractivity contribution in [2.75, 3.05) is 18.4 Å². The van der Waals surface area contributed by atoms with E-state index in [2.05, 4.69) is 22.3 Å². The number of hydrogen-bond donors (Lipinski definition) is 1. The molecule has 3 heterocycles. The molecule has 2 amide bonds. The third kappa shape index (κ3) is 4.50. The van der Waals surface area contributed by atoms with Gasteiger partial charge in [0.1, 0.15) is 5.69 Å². The van der Waals surface area contributed by atoms with E-state index in [0.717, 1.165) is 40.8 Å². The number of carbonyl (C=O) groups is 2. The lowest BCUT2D eigenvalue weighted by atomic mass is 9.94. The van der Waals surface area contributed by atoms with Crippen molar-refractivity contribution < 1.29 is 9.59 Å². The van der Waals surface area contributed by atoms with Crippen LogP contribution in [0.3, 0.4) is 0 Å². The van der Waals surface area contributed by atoms with Crippen LogP contribution in [0.2, 0.25) is 0 Å². The molecule has 3 aromatic rings. The Balaban J connectivity index is 1.37. The summed E-state index contributed by atoms with van der Waals surface area (Å²) in [5.41, 5.74) is 2.58. The average molecular weight is 422 g/mol. The summed E-state index contributed by atoms with van der Waals surface area (Å²) >= 11 is 0. The SMILES string of the molecule is CCn1cnc2cc(NC(=O)CC3CCCN(C(=O)c4ccc(=O)n(C)n4)C3)ccc21. The van der Waals surface area contributed by atoms with E-state index >= 15 is 0 Å². The molecule has 0 bridgehead atoms. The van der Waals surface area contributed by atoms with Crippen molar-refractivity contribution in [2.24, 2.45) is 13.0 Å². The Morgan fingerprint density at radius 2 is 2.06 bits per heavy atom. The summed E-state index contributed by atoms with van der Waals surface area (Å²) < 4.78 is 3.20. The molecule has 0 aliphatic carbocycles. The second-order valence-electron chi connectivity index (χ2n) is 7.93. The van der Waals surface area contributed by atoms with E-state index in [-0.39, 0.29) is 29.0 Å². The van der Waals surface area contributed by atoms with Crippen molar-refractivity contribution in [3.63, 3.8) is 0 Å². The predicted molar refractivity (Wildman–Crippen MR) is 117 cm³/mol. The van der Waals surface area contributed by atoms with Crippen LogP contribution in [0.5, 0.6) is 0 Å². The number of amides is 2. The first kappa shape index (κ1) is 20.8. The normalized spacial score (nSPS) is 16.5. The zero-order valence-corrected chi connectivity index (χ0v) is 17.7. The Bertz CT molecular complexity index is 1180. The highest BCUT2D eigenvalue weighted by Gasteiger charge is 2.27. The zero-order valence-electron chi connectivity index (χ0n) is 17.7. The van der Waals surface area contributed by atoms with Crippen LogP contribution in [0.15, 0.2) is 41.5 Å². The summed E-state index contributed by atoms with van der Waals surface area (Å²) in [6.45, 7) is 4.02. The topological polar surface area (TPSA) is 102 Å². The summed E-state index contributed by atoms with van der Waals surface area (Å²) in [6, 6.07) is 8.52. The quantitative estimate of drug-likeness (QED) is 0.678. The van der Waals surface area contributed by atoms with Gasteiger partial charge < -0.3 is 14.8 Å². The van der Waals surface area contributed by atoms with Crippen molar-refractivity contribution in [3.05, 3.63) is 52.7 Å². The van der Waals surface area contributed by atoms with E-state index in [0.29, 0.717) is 19.5 Å². The average Bonchev–Trinajstić information content (AvgIpc) is 3.17. The first-order valence-electron chi connectivity index (χ1n) is 10.5. The number of benzene rings is 1. The fourth-order valence-electron chi connectivity index (χ4n) is 4.06. The number of nitrogens with one attached hydrogen (secondary N) is 1. The third-order valence-corrected chi connectivity index (χ3v) is 5.71. The molecule has 162 valence electrons. The molecule has 9 heteroatoms. The van der Waals surface area contributed by atoms with Crippen molar-refractivity contribution in [1.29, 1.82) is 0 Å². The second kappa shape index (κ2) is 8.71. The van der Waals surface area contributed by atoms with Crippen molar-refractivity contribution in [1.82, 2.24) is 24.2 Å². The van der Waals surface area contributed by atoms with Crippen molar-refractivity contribution >= 4 is 28.5 Å². The third-order valence-electron chi connectivity index (χ3n) is 5.71. The van der Waals surface area contributed by atoms with Crippen LogP contribution in [-0.2, 0) is 18.4 Å². The molecule has 1 fully saturated rings. The van der Waals surface area contributed by atoms with E-state index in [1.54, 1.807) is 11.2 Å². The molecule has 0 radical (unpaired) electrons. The number of rotatable bonds is 5. The number of anilines is 1. The fraction of sp³-hybridized carbons (Fsp3) is 0.409. The van der Waals surface area contributed by atoms with Gasteiger partial charge in [0.05, 0.1) is 17.4 Å². The van der Waals surface area contributed by atoms with Gasteiger partial charge in [0.15, 0.2) is 0 Å². The summed E-state index contributed by atoms with van der Waals surface area (Å²) in [4.78, 5) is 43.0. The van der Waals surface area contributed by atoms with Gasteiger partial charge in [-0.15, -0.1) is 0 Å². The summed E-state index contributed by atoms with van der Waals surface area (Å²) in [5.74, 6) is -0.209. The maximum Gasteiger partial charge on any atom is 0.274 e. The van der Waals surface area contributed by atoms with Crippen molar-refractivity contribution in [2.45, 2.75) is 32.7 Å². The molecule has 0 saturated carbocycles. The van der Waals surface area contributed by atoms with Crippen LogP contribution in [0.4, 0.5) is 5.69 Å². The minimum Gasteiger partial charge on any atom is -0.337 e. The first-order chi connectivity index (χ1) is 14.9. The summed E-state index contributed by atoms with van der Waals surface area (Å²) in [7, 11) is 1.52. The van der Waals surface area contributed by atoms with E-state index in [9.17, 15) is 14.4 Å². The van der Waals surface area contributed by atoms with E-state index in [1.807, 2.05) is 22.8 Å². The van der Waals surface area contributed by atoms with Crippen LogP contribution < -0.4 is 10.9 Å². The molecule has 1 unspecified atom stereocenters. The highest BCUT2D eigenvalue weighted by molar-refractivity contribution is 5.94. The van der Waals surface area contributed by atoms with Crippen LogP contribution in [0.25, 0.3) is 11.0 Å². The molecular weight excluding hydrogens is 396 g/mol. The van der Waals surface area contributed by atoms with Gasteiger partial charge in [0, 0.05) is 44.9 Å². The number of carbonyl (C=O) groups excluding carboxylic acids is 2. The number of nitrogens with zero attached hydrogens (tertiary/aromatic N) is 5. The smallest absolute Gasteiger partial charge is 0.274 e. The predicted octanol–water partition coefficient (Wildman–Crippen LogP) is 2.03. The van der Waals surface area contributed by atoms with Gasteiger partial charge in [-0.25, -0.2) is 9.67 Å². The molecule has 1 aliphatic rings. The molecule has 1 atom stereocenters. The van der Waals surface area contributed by atoms with E-state index in [1.165, 1.54) is 19.2 Å². The Labute approximate surface area is 179 Å². The number of aryl methyl sites for hydroxylation is 2. The van der Waals surface area contributed by atoms with Crippen LogP contribution in [0, 0.1) is 5.92 Å². The molecule has 1 saturated heterocycles. The Morgan fingerprint density at radius 3 is 2.84 bits per heavy atom. The number of imidazole rings is 1. The molecule has 4 rings (SSSR count). The van der Waals surface area contributed by atoms with Crippen LogP contribution in [0.1, 0.15) is 36.7 Å². The molecule has 1 N–H and O–H groups in total. The Kier molecular flexibility index (Phi) is 5.83. The van der Waals surface area contributed by atoms with Crippen LogP contribution in [-0.4, -0.2) is 49.1 Å². The van der Waals surface area contributed by atoms with Gasteiger partial charge in [-0.1, -0.05) is 0 Å². The lowest BCUT2D eigenvalue weighted by molar-refractivity contribution is -0.117. The van der Waals surface area contributed by atoms with Gasteiger partial charge in [-0.05, 0) is 49.9 Å². The fourth-order valence-corrected chi connectivity index (χ4v) is 4.06. The molecule has 31 heavy (non-hydrogen) atoms. The Hall–Kier alpha value is -3.49. The molecule has 1 aliphatic heterocycles.